The average Bonchev–Trinajstić information content (AvgIpc) is 2.60. The Morgan fingerprint density at radius 3 is 2.04 bits per heavy atom. The fourth-order valence-electron chi connectivity index (χ4n) is 3.75. The van der Waals surface area contributed by atoms with Gasteiger partial charge in [0.05, 0.1) is 0 Å². The summed E-state index contributed by atoms with van der Waals surface area (Å²) in [6.45, 7) is 7.67. The Morgan fingerprint density at radius 2 is 1.52 bits per heavy atom. The molecule has 130 valence electrons. The van der Waals surface area contributed by atoms with Crippen molar-refractivity contribution in [1.29, 1.82) is 0 Å². The molecule has 2 nitrogen and oxygen atoms in total. The van der Waals surface area contributed by atoms with Crippen LogP contribution in [0.1, 0.15) is 89.1 Å². The van der Waals surface area contributed by atoms with Gasteiger partial charge in [0.2, 0.25) is 0 Å². The molecule has 0 saturated heterocycles. The van der Waals surface area contributed by atoms with Crippen LogP contribution in [0.5, 0.6) is 0 Å². The third kappa shape index (κ3) is 5.61. The van der Waals surface area contributed by atoms with Crippen LogP contribution in [-0.2, 0) is 9.47 Å². The van der Waals surface area contributed by atoms with Crippen LogP contribution in [0.15, 0.2) is 24.3 Å². The highest BCUT2D eigenvalue weighted by atomic mass is 16.7. The van der Waals surface area contributed by atoms with E-state index in [-0.39, 0.29) is 6.29 Å². The largest absolute Gasteiger partial charge is 0.349 e. The molecule has 1 aliphatic rings. The van der Waals surface area contributed by atoms with Crippen LogP contribution in [0.3, 0.4) is 0 Å². The third-order valence-electron chi connectivity index (χ3n) is 5.13. The van der Waals surface area contributed by atoms with E-state index in [1.807, 2.05) is 13.8 Å². The zero-order valence-electron chi connectivity index (χ0n) is 15.2. The Morgan fingerprint density at radius 1 is 0.913 bits per heavy atom. The Hall–Kier alpha value is -0.860. The third-order valence-corrected chi connectivity index (χ3v) is 5.13. The van der Waals surface area contributed by atoms with Crippen molar-refractivity contribution in [2.45, 2.75) is 77.9 Å². The van der Waals surface area contributed by atoms with E-state index in [1.54, 1.807) is 0 Å². The van der Waals surface area contributed by atoms with Crippen molar-refractivity contribution >= 4 is 0 Å². The maximum absolute atomic E-state index is 5.68. The van der Waals surface area contributed by atoms with Crippen molar-refractivity contribution in [1.82, 2.24) is 0 Å². The fraction of sp³-hybridized carbons (Fsp3) is 0.714. The van der Waals surface area contributed by atoms with Gasteiger partial charge in [-0.15, -0.1) is 0 Å². The van der Waals surface area contributed by atoms with E-state index in [0.29, 0.717) is 13.2 Å². The van der Waals surface area contributed by atoms with Crippen molar-refractivity contribution in [2.75, 3.05) is 13.2 Å². The number of hydrogen-bond acceptors (Lipinski definition) is 2. The molecule has 0 bridgehead atoms. The fourth-order valence-corrected chi connectivity index (χ4v) is 3.75. The van der Waals surface area contributed by atoms with Crippen molar-refractivity contribution in [3.63, 3.8) is 0 Å². The van der Waals surface area contributed by atoms with Gasteiger partial charge in [-0.3, -0.25) is 0 Å². The summed E-state index contributed by atoms with van der Waals surface area (Å²) in [5, 5.41) is 0. The predicted octanol–water partition coefficient (Wildman–Crippen LogP) is 6.22. The van der Waals surface area contributed by atoms with Crippen LogP contribution in [0.25, 0.3) is 0 Å². The molecule has 1 aromatic rings. The van der Waals surface area contributed by atoms with Gasteiger partial charge in [0.1, 0.15) is 0 Å². The van der Waals surface area contributed by atoms with E-state index < -0.39 is 0 Å². The normalized spacial score (nSPS) is 21.7. The van der Waals surface area contributed by atoms with Gasteiger partial charge in [0.15, 0.2) is 6.29 Å². The Labute approximate surface area is 142 Å². The molecule has 2 heteroatoms. The van der Waals surface area contributed by atoms with Crippen LogP contribution >= 0.6 is 0 Å². The van der Waals surface area contributed by atoms with Gasteiger partial charge in [0, 0.05) is 18.8 Å². The summed E-state index contributed by atoms with van der Waals surface area (Å²) >= 11 is 0. The summed E-state index contributed by atoms with van der Waals surface area (Å²) in [4.78, 5) is 0. The second kappa shape index (κ2) is 10.1. The first kappa shape index (κ1) is 18.5. The van der Waals surface area contributed by atoms with Crippen molar-refractivity contribution < 1.29 is 9.47 Å². The van der Waals surface area contributed by atoms with E-state index in [1.165, 1.54) is 50.5 Å². The maximum atomic E-state index is 5.68. The lowest BCUT2D eigenvalue weighted by Crippen LogP contribution is -2.14. The first-order chi connectivity index (χ1) is 11.3. The maximum Gasteiger partial charge on any atom is 0.183 e. The van der Waals surface area contributed by atoms with Crippen molar-refractivity contribution in [2.24, 2.45) is 5.92 Å². The second-order valence-electron chi connectivity index (χ2n) is 6.77. The first-order valence-corrected chi connectivity index (χ1v) is 9.61. The van der Waals surface area contributed by atoms with E-state index in [4.69, 9.17) is 9.47 Å². The minimum absolute atomic E-state index is 0.219. The Bertz CT molecular complexity index is 412. The molecule has 1 fully saturated rings. The zero-order chi connectivity index (χ0) is 16.5. The number of hydrogen-bond donors (Lipinski definition) is 0. The molecule has 0 amide bonds. The van der Waals surface area contributed by atoms with Crippen LogP contribution in [0.2, 0.25) is 0 Å². The molecule has 1 saturated carbocycles. The highest BCUT2D eigenvalue weighted by Crippen LogP contribution is 2.38. The number of benzene rings is 1. The first-order valence-electron chi connectivity index (χ1n) is 9.61. The van der Waals surface area contributed by atoms with Crippen LogP contribution in [0.4, 0.5) is 0 Å². The summed E-state index contributed by atoms with van der Waals surface area (Å²) < 4.78 is 11.4. The van der Waals surface area contributed by atoms with E-state index in [2.05, 4.69) is 31.2 Å². The molecule has 0 spiro atoms. The van der Waals surface area contributed by atoms with Crippen LogP contribution in [-0.4, -0.2) is 13.2 Å². The standard InChI is InChI=1S/C21H34O2/c1-4-7-8-17-9-11-18(12-10-17)19-13-15-20(16-14-19)21(22-5-2)23-6-3/h13-18,21H,4-12H2,1-3H3. The van der Waals surface area contributed by atoms with Gasteiger partial charge < -0.3 is 9.47 Å². The SMILES string of the molecule is CCCCC1CCC(c2ccc(C(OCC)OCC)cc2)CC1. The lowest BCUT2D eigenvalue weighted by atomic mass is 9.77. The van der Waals surface area contributed by atoms with Gasteiger partial charge in [-0.2, -0.15) is 0 Å². The minimum atomic E-state index is -0.219. The Kier molecular flexibility index (Phi) is 8.11. The highest BCUT2D eigenvalue weighted by Gasteiger charge is 2.22. The molecular formula is C21H34O2. The zero-order valence-corrected chi connectivity index (χ0v) is 15.2. The van der Waals surface area contributed by atoms with Gasteiger partial charge >= 0.3 is 0 Å². The molecule has 0 N–H and O–H groups in total. The summed E-state index contributed by atoms with van der Waals surface area (Å²) in [7, 11) is 0. The van der Waals surface area contributed by atoms with Gasteiger partial charge in [-0.1, -0.05) is 50.5 Å². The lowest BCUT2D eigenvalue weighted by molar-refractivity contribution is -0.140. The number of unbranched alkanes of at least 4 members (excludes halogenated alkanes) is 1. The monoisotopic (exact) mass is 318 g/mol. The molecule has 1 aromatic carbocycles. The van der Waals surface area contributed by atoms with Gasteiger partial charge in [-0.25, -0.2) is 0 Å². The number of rotatable bonds is 9. The lowest BCUT2D eigenvalue weighted by Gasteiger charge is -2.29. The van der Waals surface area contributed by atoms with E-state index in [9.17, 15) is 0 Å². The van der Waals surface area contributed by atoms with Gasteiger partial charge in [-0.05, 0) is 56.9 Å². The average molecular weight is 319 g/mol. The minimum Gasteiger partial charge on any atom is -0.349 e. The quantitative estimate of drug-likeness (QED) is 0.503. The van der Waals surface area contributed by atoms with E-state index >= 15 is 0 Å². The smallest absolute Gasteiger partial charge is 0.183 e. The molecule has 2 rings (SSSR count). The van der Waals surface area contributed by atoms with Crippen LogP contribution < -0.4 is 0 Å². The predicted molar refractivity (Wildman–Crippen MR) is 96.7 cm³/mol. The highest BCUT2D eigenvalue weighted by molar-refractivity contribution is 5.26. The summed E-state index contributed by atoms with van der Waals surface area (Å²) in [5.41, 5.74) is 2.63. The summed E-state index contributed by atoms with van der Waals surface area (Å²) in [5.74, 6) is 1.73. The van der Waals surface area contributed by atoms with Crippen LogP contribution in [0, 0.1) is 5.92 Å². The summed E-state index contributed by atoms with van der Waals surface area (Å²) in [6.07, 6.45) is 9.49. The Balaban J connectivity index is 1.89. The molecular weight excluding hydrogens is 284 g/mol. The van der Waals surface area contributed by atoms with Crippen molar-refractivity contribution in [3.05, 3.63) is 35.4 Å². The molecule has 23 heavy (non-hydrogen) atoms. The van der Waals surface area contributed by atoms with Gasteiger partial charge in [0.25, 0.3) is 0 Å². The second-order valence-corrected chi connectivity index (χ2v) is 6.77. The molecule has 1 aliphatic carbocycles. The number of ether oxygens (including phenoxy) is 2. The molecule has 0 heterocycles. The molecule has 0 atom stereocenters. The molecule has 0 aromatic heterocycles. The summed E-state index contributed by atoms with van der Waals surface area (Å²) in [6, 6.07) is 8.96. The van der Waals surface area contributed by atoms with Crippen molar-refractivity contribution in [3.8, 4) is 0 Å². The molecule has 0 radical (unpaired) electrons. The van der Waals surface area contributed by atoms with E-state index in [0.717, 1.165) is 17.4 Å². The molecule has 0 aliphatic heterocycles. The molecule has 0 unspecified atom stereocenters. The topological polar surface area (TPSA) is 18.5 Å².